The SMILES string of the molecule is Cc1cc(C(=O)N2CCO[C@H](CC(=O)O)C2)c(C)n1C1CCCCC1. The number of hydrogen-bond donors (Lipinski definition) is 1. The number of amides is 1. The second-order valence-corrected chi connectivity index (χ2v) is 7.29. The number of aromatic nitrogens is 1. The predicted molar refractivity (Wildman–Crippen MR) is 93.9 cm³/mol. The summed E-state index contributed by atoms with van der Waals surface area (Å²) in [5.74, 6) is -0.899. The first kappa shape index (κ1) is 18.0. The average Bonchev–Trinajstić information content (AvgIpc) is 2.89. The molecule has 1 N–H and O–H groups in total. The van der Waals surface area contributed by atoms with Gasteiger partial charge in [0.05, 0.1) is 24.7 Å². The summed E-state index contributed by atoms with van der Waals surface area (Å²) in [6.45, 7) is 5.36. The highest BCUT2D eigenvalue weighted by molar-refractivity contribution is 5.95. The number of aliphatic carboxylic acids is 1. The number of morpholine rings is 1. The molecule has 138 valence electrons. The Balaban J connectivity index is 1.77. The minimum absolute atomic E-state index is 0.00570. The number of carbonyl (C=O) groups excluding carboxylic acids is 1. The van der Waals surface area contributed by atoms with Crippen molar-refractivity contribution in [2.24, 2.45) is 0 Å². The van der Waals surface area contributed by atoms with Crippen LogP contribution in [0, 0.1) is 13.8 Å². The Bertz CT molecular complexity index is 646. The van der Waals surface area contributed by atoms with Crippen LogP contribution in [0.25, 0.3) is 0 Å². The van der Waals surface area contributed by atoms with E-state index in [0.717, 1.165) is 17.0 Å². The third kappa shape index (κ3) is 3.89. The quantitative estimate of drug-likeness (QED) is 0.908. The molecule has 3 rings (SSSR count). The lowest BCUT2D eigenvalue weighted by Crippen LogP contribution is -2.46. The van der Waals surface area contributed by atoms with Crippen LogP contribution >= 0.6 is 0 Å². The first-order valence-corrected chi connectivity index (χ1v) is 9.28. The van der Waals surface area contributed by atoms with Crippen molar-refractivity contribution in [3.63, 3.8) is 0 Å². The molecule has 1 atom stereocenters. The largest absolute Gasteiger partial charge is 0.481 e. The van der Waals surface area contributed by atoms with Gasteiger partial charge in [-0.05, 0) is 32.8 Å². The molecular weight excluding hydrogens is 320 g/mol. The lowest BCUT2D eigenvalue weighted by Gasteiger charge is -2.32. The van der Waals surface area contributed by atoms with Gasteiger partial charge < -0.3 is 19.3 Å². The van der Waals surface area contributed by atoms with Gasteiger partial charge in [0.2, 0.25) is 0 Å². The maximum absolute atomic E-state index is 13.0. The number of carboxylic acid groups (broad SMARTS) is 1. The number of carboxylic acids is 1. The van der Waals surface area contributed by atoms with Gasteiger partial charge >= 0.3 is 5.97 Å². The van der Waals surface area contributed by atoms with Crippen molar-refractivity contribution in [3.8, 4) is 0 Å². The van der Waals surface area contributed by atoms with Crippen LogP contribution < -0.4 is 0 Å². The Kier molecular flexibility index (Phi) is 5.47. The van der Waals surface area contributed by atoms with E-state index in [1.54, 1.807) is 4.90 Å². The number of aryl methyl sites for hydroxylation is 1. The molecule has 6 nitrogen and oxygen atoms in total. The Morgan fingerprint density at radius 3 is 2.64 bits per heavy atom. The van der Waals surface area contributed by atoms with E-state index in [2.05, 4.69) is 11.5 Å². The number of rotatable bonds is 4. The Morgan fingerprint density at radius 1 is 1.24 bits per heavy atom. The number of carbonyl (C=O) groups is 2. The molecule has 0 unspecified atom stereocenters. The van der Waals surface area contributed by atoms with Gasteiger partial charge in [0.1, 0.15) is 0 Å². The van der Waals surface area contributed by atoms with Crippen LogP contribution in [-0.4, -0.2) is 52.3 Å². The molecule has 1 aromatic rings. The summed E-state index contributed by atoms with van der Waals surface area (Å²) in [6.07, 6.45) is 5.70. The fourth-order valence-electron chi connectivity index (χ4n) is 4.29. The predicted octanol–water partition coefficient (Wildman–Crippen LogP) is 2.93. The van der Waals surface area contributed by atoms with Gasteiger partial charge in [-0.2, -0.15) is 0 Å². The number of hydrogen-bond acceptors (Lipinski definition) is 3. The average molecular weight is 348 g/mol. The Hall–Kier alpha value is -1.82. The molecule has 1 aliphatic heterocycles. The number of ether oxygens (including phenoxy) is 1. The summed E-state index contributed by atoms with van der Waals surface area (Å²) >= 11 is 0. The molecule has 1 amide bonds. The minimum Gasteiger partial charge on any atom is -0.481 e. The van der Waals surface area contributed by atoms with E-state index in [4.69, 9.17) is 9.84 Å². The number of nitrogens with zero attached hydrogens (tertiary/aromatic N) is 2. The lowest BCUT2D eigenvalue weighted by atomic mass is 9.95. The van der Waals surface area contributed by atoms with Gasteiger partial charge in [0.25, 0.3) is 5.91 Å². The molecule has 1 aliphatic carbocycles. The van der Waals surface area contributed by atoms with Crippen LogP contribution in [0.15, 0.2) is 6.07 Å². The molecular formula is C19H28N2O4. The van der Waals surface area contributed by atoms with Crippen LogP contribution in [0.5, 0.6) is 0 Å². The smallest absolute Gasteiger partial charge is 0.306 e. The van der Waals surface area contributed by atoms with E-state index in [0.29, 0.717) is 25.7 Å². The van der Waals surface area contributed by atoms with E-state index in [1.807, 2.05) is 13.0 Å². The molecule has 6 heteroatoms. The van der Waals surface area contributed by atoms with Gasteiger partial charge in [0.15, 0.2) is 0 Å². The van der Waals surface area contributed by atoms with Crippen LogP contribution in [0.3, 0.4) is 0 Å². The lowest BCUT2D eigenvalue weighted by molar-refractivity contribution is -0.141. The van der Waals surface area contributed by atoms with Crippen LogP contribution in [-0.2, 0) is 9.53 Å². The van der Waals surface area contributed by atoms with Crippen molar-refractivity contribution in [1.29, 1.82) is 0 Å². The van der Waals surface area contributed by atoms with E-state index in [-0.39, 0.29) is 12.3 Å². The fourth-order valence-corrected chi connectivity index (χ4v) is 4.29. The van der Waals surface area contributed by atoms with E-state index < -0.39 is 12.1 Å². The molecule has 1 saturated heterocycles. The van der Waals surface area contributed by atoms with E-state index >= 15 is 0 Å². The van der Waals surface area contributed by atoms with E-state index in [9.17, 15) is 9.59 Å². The fraction of sp³-hybridized carbons (Fsp3) is 0.684. The van der Waals surface area contributed by atoms with Crippen LogP contribution in [0.4, 0.5) is 0 Å². The van der Waals surface area contributed by atoms with Crippen molar-refractivity contribution < 1.29 is 19.4 Å². The summed E-state index contributed by atoms with van der Waals surface area (Å²) in [4.78, 5) is 25.7. The summed E-state index contributed by atoms with van der Waals surface area (Å²) in [5.41, 5.74) is 2.93. The van der Waals surface area contributed by atoms with Crippen LogP contribution in [0.2, 0.25) is 0 Å². The maximum Gasteiger partial charge on any atom is 0.306 e. The standard InChI is InChI=1S/C19H28N2O4/c1-13-10-17(14(2)21(13)15-6-4-3-5-7-15)19(24)20-8-9-25-16(12-20)11-18(22)23/h10,15-16H,3-9,11-12H2,1-2H3,(H,22,23)/t16-/m1/s1. The molecule has 0 radical (unpaired) electrons. The molecule has 25 heavy (non-hydrogen) atoms. The van der Waals surface area contributed by atoms with Crippen molar-refractivity contribution >= 4 is 11.9 Å². The molecule has 1 aromatic heterocycles. The molecule has 0 bridgehead atoms. The summed E-state index contributed by atoms with van der Waals surface area (Å²) in [7, 11) is 0. The highest BCUT2D eigenvalue weighted by atomic mass is 16.5. The molecule has 2 heterocycles. The van der Waals surface area contributed by atoms with Gasteiger partial charge in [-0.1, -0.05) is 19.3 Å². The first-order chi connectivity index (χ1) is 12.0. The maximum atomic E-state index is 13.0. The second-order valence-electron chi connectivity index (χ2n) is 7.29. The molecule has 2 aliphatic rings. The minimum atomic E-state index is -0.894. The van der Waals surface area contributed by atoms with E-state index in [1.165, 1.54) is 32.1 Å². The Labute approximate surface area is 148 Å². The highest BCUT2D eigenvalue weighted by Gasteiger charge is 2.29. The summed E-state index contributed by atoms with van der Waals surface area (Å²) < 4.78 is 7.81. The van der Waals surface area contributed by atoms with Crippen LogP contribution in [0.1, 0.15) is 66.3 Å². The summed E-state index contributed by atoms with van der Waals surface area (Å²) in [6, 6.07) is 2.49. The zero-order chi connectivity index (χ0) is 18.0. The van der Waals surface area contributed by atoms with Gasteiger partial charge in [-0.3, -0.25) is 9.59 Å². The van der Waals surface area contributed by atoms with Gasteiger partial charge in [-0.25, -0.2) is 0 Å². The van der Waals surface area contributed by atoms with Gasteiger partial charge in [-0.15, -0.1) is 0 Å². The molecule has 0 spiro atoms. The third-order valence-electron chi connectivity index (χ3n) is 5.48. The van der Waals surface area contributed by atoms with Crippen molar-refractivity contribution in [2.45, 2.75) is 64.5 Å². The monoisotopic (exact) mass is 348 g/mol. The molecule has 1 saturated carbocycles. The molecule has 0 aromatic carbocycles. The summed E-state index contributed by atoms with van der Waals surface area (Å²) in [5, 5.41) is 8.95. The van der Waals surface area contributed by atoms with Crippen molar-refractivity contribution in [2.75, 3.05) is 19.7 Å². The zero-order valence-electron chi connectivity index (χ0n) is 15.2. The molecule has 2 fully saturated rings. The normalized spacial score (nSPS) is 22.2. The van der Waals surface area contributed by atoms with Gasteiger partial charge in [0, 0.05) is 30.5 Å². The Morgan fingerprint density at radius 2 is 1.96 bits per heavy atom. The second kappa shape index (κ2) is 7.60. The first-order valence-electron chi connectivity index (χ1n) is 9.28. The van der Waals surface area contributed by atoms with Crippen molar-refractivity contribution in [1.82, 2.24) is 9.47 Å². The highest BCUT2D eigenvalue weighted by Crippen LogP contribution is 2.32. The zero-order valence-corrected chi connectivity index (χ0v) is 15.2. The third-order valence-corrected chi connectivity index (χ3v) is 5.48. The topological polar surface area (TPSA) is 71.8 Å². The van der Waals surface area contributed by atoms with Crippen molar-refractivity contribution in [3.05, 3.63) is 23.0 Å².